The van der Waals surface area contributed by atoms with E-state index in [0.717, 1.165) is 44.2 Å². The summed E-state index contributed by atoms with van der Waals surface area (Å²) < 4.78 is 5.31. The molecule has 0 bridgehead atoms. The van der Waals surface area contributed by atoms with Crippen LogP contribution in [0.2, 0.25) is 0 Å². The first-order valence-corrected chi connectivity index (χ1v) is 6.05. The zero-order valence-corrected chi connectivity index (χ0v) is 10.9. The van der Waals surface area contributed by atoms with Crippen molar-refractivity contribution in [2.75, 3.05) is 32.8 Å². The monoisotopic (exact) mass is 237 g/mol. The maximum Gasteiger partial charge on any atom is 0.128 e. The zero-order chi connectivity index (χ0) is 12.7. The number of aliphatic imine (C=N–C) groups is 1. The SMILES string of the molecule is C=NC(=CC(=C)CNC(C)C)N1CCOCC1. The van der Waals surface area contributed by atoms with Crippen LogP contribution in [0.3, 0.4) is 0 Å². The second-order valence-corrected chi connectivity index (χ2v) is 4.45. The minimum atomic E-state index is 0.462. The number of nitrogens with zero attached hydrogens (tertiary/aromatic N) is 2. The molecule has 4 nitrogen and oxygen atoms in total. The normalized spacial score (nSPS) is 17.4. The molecule has 1 rings (SSSR count). The molecule has 0 radical (unpaired) electrons. The summed E-state index contributed by atoms with van der Waals surface area (Å²) in [6.07, 6.45) is 1.99. The van der Waals surface area contributed by atoms with Gasteiger partial charge < -0.3 is 15.0 Å². The van der Waals surface area contributed by atoms with Gasteiger partial charge in [0, 0.05) is 25.7 Å². The summed E-state index contributed by atoms with van der Waals surface area (Å²) in [5, 5.41) is 3.33. The molecule has 0 saturated carbocycles. The quantitative estimate of drug-likeness (QED) is 0.560. The Morgan fingerprint density at radius 3 is 2.65 bits per heavy atom. The molecule has 1 saturated heterocycles. The Kier molecular flexibility index (Phi) is 5.94. The van der Waals surface area contributed by atoms with Gasteiger partial charge in [-0.1, -0.05) is 20.4 Å². The lowest BCUT2D eigenvalue weighted by Gasteiger charge is -2.28. The zero-order valence-electron chi connectivity index (χ0n) is 10.9. The lowest BCUT2D eigenvalue weighted by atomic mass is 10.2. The molecule has 0 aliphatic carbocycles. The fraction of sp³-hybridized carbons (Fsp3) is 0.615. The third-order valence-corrected chi connectivity index (χ3v) is 2.57. The van der Waals surface area contributed by atoms with Gasteiger partial charge in [0.15, 0.2) is 0 Å². The summed E-state index contributed by atoms with van der Waals surface area (Å²) in [6, 6.07) is 0.462. The van der Waals surface area contributed by atoms with E-state index in [9.17, 15) is 0 Å². The summed E-state index contributed by atoms with van der Waals surface area (Å²) >= 11 is 0. The van der Waals surface area contributed by atoms with E-state index in [-0.39, 0.29) is 0 Å². The molecule has 1 N–H and O–H groups in total. The molecule has 4 heteroatoms. The highest BCUT2D eigenvalue weighted by Crippen LogP contribution is 2.10. The number of rotatable bonds is 6. The van der Waals surface area contributed by atoms with Crippen molar-refractivity contribution in [3.05, 3.63) is 24.0 Å². The summed E-state index contributed by atoms with van der Waals surface area (Å²) in [6.45, 7) is 15.9. The van der Waals surface area contributed by atoms with Crippen molar-refractivity contribution in [2.45, 2.75) is 19.9 Å². The van der Waals surface area contributed by atoms with Gasteiger partial charge >= 0.3 is 0 Å². The van der Waals surface area contributed by atoms with Gasteiger partial charge in [0.05, 0.1) is 13.2 Å². The Morgan fingerprint density at radius 2 is 2.12 bits per heavy atom. The largest absolute Gasteiger partial charge is 0.378 e. The first-order chi connectivity index (χ1) is 8.13. The number of morpholine rings is 1. The standard InChI is InChI=1S/C13H23N3O/c1-11(2)15-10-12(3)9-13(14-4)16-5-7-17-8-6-16/h9,11,15H,3-8,10H2,1-2H3. The van der Waals surface area contributed by atoms with Crippen molar-refractivity contribution < 1.29 is 4.74 Å². The molecular formula is C13H23N3O. The summed E-state index contributed by atoms with van der Waals surface area (Å²) in [7, 11) is 0. The van der Waals surface area contributed by atoms with Crippen LogP contribution in [0.4, 0.5) is 0 Å². The van der Waals surface area contributed by atoms with Crippen LogP contribution in [0.15, 0.2) is 29.0 Å². The molecule has 1 fully saturated rings. The van der Waals surface area contributed by atoms with Gasteiger partial charge in [-0.15, -0.1) is 0 Å². The molecule has 0 unspecified atom stereocenters. The van der Waals surface area contributed by atoms with Crippen LogP contribution in [0.1, 0.15) is 13.8 Å². The van der Waals surface area contributed by atoms with Crippen LogP contribution >= 0.6 is 0 Å². The van der Waals surface area contributed by atoms with E-state index in [2.05, 4.69) is 42.4 Å². The molecule has 1 aliphatic rings. The summed E-state index contributed by atoms with van der Waals surface area (Å²) in [5.74, 6) is 0.892. The van der Waals surface area contributed by atoms with Gasteiger partial charge in [-0.05, 0) is 18.4 Å². The van der Waals surface area contributed by atoms with E-state index >= 15 is 0 Å². The van der Waals surface area contributed by atoms with Gasteiger partial charge in [0.1, 0.15) is 5.82 Å². The fourth-order valence-corrected chi connectivity index (χ4v) is 1.60. The predicted octanol–water partition coefficient (Wildman–Crippen LogP) is 1.41. The second-order valence-electron chi connectivity index (χ2n) is 4.45. The van der Waals surface area contributed by atoms with Crippen molar-refractivity contribution in [1.29, 1.82) is 0 Å². The molecule has 0 atom stereocenters. The van der Waals surface area contributed by atoms with Crippen LogP contribution in [-0.2, 0) is 4.74 Å². The van der Waals surface area contributed by atoms with Crippen molar-refractivity contribution in [1.82, 2.24) is 10.2 Å². The van der Waals surface area contributed by atoms with Crippen LogP contribution in [0.25, 0.3) is 0 Å². The Bertz CT molecular complexity index is 291. The highest BCUT2D eigenvalue weighted by atomic mass is 16.5. The molecule has 0 aromatic heterocycles. The van der Waals surface area contributed by atoms with Crippen molar-refractivity contribution in [2.24, 2.45) is 4.99 Å². The average Bonchev–Trinajstić information content (AvgIpc) is 2.34. The topological polar surface area (TPSA) is 36.9 Å². The minimum absolute atomic E-state index is 0.462. The van der Waals surface area contributed by atoms with Gasteiger partial charge in [-0.3, -0.25) is 0 Å². The lowest BCUT2D eigenvalue weighted by molar-refractivity contribution is 0.0532. The predicted molar refractivity (Wildman–Crippen MR) is 72.3 cm³/mol. The number of hydrogen-bond acceptors (Lipinski definition) is 4. The van der Waals surface area contributed by atoms with Crippen LogP contribution in [0.5, 0.6) is 0 Å². The van der Waals surface area contributed by atoms with Crippen molar-refractivity contribution in [3.8, 4) is 0 Å². The maximum absolute atomic E-state index is 5.31. The van der Waals surface area contributed by atoms with Crippen molar-refractivity contribution >= 4 is 6.72 Å². The molecule has 96 valence electrons. The Morgan fingerprint density at radius 1 is 1.47 bits per heavy atom. The Hall–Kier alpha value is -1.13. The Labute approximate surface area is 104 Å². The van der Waals surface area contributed by atoms with E-state index in [0.29, 0.717) is 6.04 Å². The number of hydrogen-bond donors (Lipinski definition) is 1. The maximum atomic E-state index is 5.31. The molecule has 1 heterocycles. The van der Waals surface area contributed by atoms with Gasteiger partial charge in [0.2, 0.25) is 0 Å². The minimum Gasteiger partial charge on any atom is -0.378 e. The highest BCUT2D eigenvalue weighted by molar-refractivity contribution is 5.32. The summed E-state index contributed by atoms with van der Waals surface area (Å²) in [4.78, 5) is 6.25. The third-order valence-electron chi connectivity index (χ3n) is 2.57. The lowest BCUT2D eigenvalue weighted by Crippen LogP contribution is -2.35. The molecular weight excluding hydrogens is 214 g/mol. The summed E-state index contributed by atoms with van der Waals surface area (Å²) in [5.41, 5.74) is 1.02. The molecule has 17 heavy (non-hydrogen) atoms. The number of nitrogens with one attached hydrogen (secondary N) is 1. The molecule has 0 amide bonds. The molecule has 1 aliphatic heterocycles. The first kappa shape index (κ1) is 13.9. The van der Waals surface area contributed by atoms with E-state index in [1.54, 1.807) is 0 Å². The first-order valence-electron chi connectivity index (χ1n) is 6.05. The molecule has 0 spiro atoms. The number of ether oxygens (including phenoxy) is 1. The second kappa shape index (κ2) is 7.25. The van der Waals surface area contributed by atoms with Crippen LogP contribution in [0, 0.1) is 0 Å². The van der Waals surface area contributed by atoms with E-state index in [1.165, 1.54) is 0 Å². The van der Waals surface area contributed by atoms with Gasteiger partial charge in [0.25, 0.3) is 0 Å². The third kappa shape index (κ3) is 5.15. The van der Waals surface area contributed by atoms with Crippen LogP contribution in [-0.4, -0.2) is 50.5 Å². The van der Waals surface area contributed by atoms with Gasteiger partial charge in [-0.25, -0.2) is 4.99 Å². The smallest absolute Gasteiger partial charge is 0.128 e. The van der Waals surface area contributed by atoms with E-state index < -0.39 is 0 Å². The van der Waals surface area contributed by atoms with Crippen LogP contribution < -0.4 is 5.32 Å². The van der Waals surface area contributed by atoms with E-state index in [4.69, 9.17) is 4.74 Å². The molecule has 0 aromatic carbocycles. The van der Waals surface area contributed by atoms with Crippen molar-refractivity contribution in [3.63, 3.8) is 0 Å². The average molecular weight is 237 g/mol. The Balaban J connectivity index is 2.52. The molecule has 0 aromatic rings. The fourth-order valence-electron chi connectivity index (χ4n) is 1.60. The highest BCUT2D eigenvalue weighted by Gasteiger charge is 2.12. The van der Waals surface area contributed by atoms with Gasteiger partial charge in [-0.2, -0.15) is 0 Å². The van der Waals surface area contributed by atoms with E-state index in [1.807, 2.05) is 6.08 Å².